The molecule has 1 aromatic heterocycles. The third-order valence-electron chi connectivity index (χ3n) is 5.53. The molecule has 0 bridgehead atoms. The first kappa shape index (κ1) is 22.6. The summed E-state index contributed by atoms with van der Waals surface area (Å²) in [7, 11) is 1.36. The smallest absolute Gasteiger partial charge is 0.341 e. The first-order chi connectivity index (χ1) is 15.5. The molecule has 0 spiro atoms. The highest BCUT2D eigenvalue weighted by atomic mass is 35.5. The van der Waals surface area contributed by atoms with Gasteiger partial charge in [0.15, 0.2) is 0 Å². The summed E-state index contributed by atoms with van der Waals surface area (Å²) >= 11 is 13.4. The highest BCUT2D eigenvalue weighted by Gasteiger charge is 2.30. The minimum atomic E-state index is -0.426. The topological polar surface area (TPSA) is 55.4 Å². The lowest BCUT2D eigenvalue weighted by atomic mass is 9.83. The van der Waals surface area contributed by atoms with Crippen LogP contribution in [-0.2, 0) is 22.4 Å². The number of benzene rings is 2. The van der Waals surface area contributed by atoms with Crippen LogP contribution in [-0.4, -0.2) is 19.0 Å². The van der Waals surface area contributed by atoms with E-state index < -0.39 is 5.97 Å². The van der Waals surface area contributed by atoms with Gasteiger partial charge in [-0.1, -0.05) is 59.6 Å². The molecule has 1 aliphatic carbocycles. The van der Waals surface area contributed by atoms with Crippen LogP contribution in [0.15, 0.2) is 54.6 Å². The summed E-state index contributed by atoms with van der Waals surface area (Å²) in [6.07, 6.45) is 5.61. The molecule has 1 N–H and O–H groups in total. The minimum absolute atomic E-state index is 0.334. The van der Waals surface area contributed by atoms with Gasteiger partial charge in [-0.15, -0.1) is 11.3 Å². The van der Waals surface area contributed by atoms with Crippen molar-refractivity contribution in [3.05, 3.63) is 91.8 Å². The maximum Gasteiger partial charge on any atom is 0.341 e. The van der Waals surface area contributed by atoms with Crippen LogP contribution in [0.2, 0.25) is 10.0 Å². The predicted molar refractivity (Wildman–Crippen MR) is 131 cm³/mol. The van der Waals surface area contributed by atoms with E-state index in [9.17, 15) is 9.59 Å². The quantitative estimate of drug-likeness (QED) is 0.320. The molecule has 0 unspecified atom stereocenters. The van der Waals surface area contributed by atoms with Crippen LogP contribution < -0.4 is 5.32 Å². The van der Waals surface area contributed by atoms with Gasteiger partial charge in [-0.3, -0.25) is 4.79 Å². The number of hydrogen-bond donors (Lipinski definition) is 1. The Morgan fingerprint density at radius 1 is 1.12 bits per heavy atom. The van der Waals surface area contributed by atoms with Gasteiger partial charge in [0.05, 0.1) is 22.7 Å². The fraction of sp³-hybridized carbons (Fsp3) is 0.200. The molecule has 1 amide bonds. The summed E-state index contributed by atoms with van der Waals surface area (Å²) < 4.78 is 5.02. The molecule has 0 radical (unpaired) electrons. The molecule has 0 aliphatic heterocycles. The number of anilines is 1. The van der Waals surface area contributed by atoms with E-state index in [4.69, 9.17) is 27.9 Å². The zero-order valence-corrected chi connectivity index (χ0v) is 19.7. The van der Waals surface area contributed by atoms with Crippen molar-refractivity contribution in [3.63, 3.8) is 0 Å². The molecule has 1 atom stereocenters. The molecule has 164 valence electrons. The van der Waals surface area contributed by atoms with E-state index in [2.05, 4.69) is 17.4 Å². The number of amides is 1. The summed E-state index contributed by atoms with van der Waals surface area (Å²) in [6, 6.07) is 15.5. The molecule has 3 aromatic rings. The highest BCUT2D eigenvalue weighted by Crippen LogP contribution is 2.42. The van der Waals surface area contributed by atoms with Gasteiger partial charge in [0, 0.05) is 11.0 Å². The normalized spacial score (nSPS) is 15.4. The largest absolute Gasteiger partial charge is 0.465 e. The van der Waals surface area contributed by atoms with Crippen LogP contribution in [0.1, 0.15) is 44.3 Å². The van der Waals surface area contributed by atoms with Crippen LogP contribution in [0.5, 0.6) is 0 Å². The number of carbonyl (C=O) groups excluding carboxylic acids is 2. The van der Waals surface area contributed by atoms with E-state index in [0.29, 0.717) is 26.5 Å². The lowest BCUT2D eigenvalue weighted by Gasteiger charge is -2.22. The van der Waals surface area contributed by atoms with E-state index in [1.807, 2.05) is 18.2 Å². The number of fused-ring (bicyclic) bond motifs is 1. The number of rotatable bonds is 5. The van der Waals surface area contributed by atoms with Crippen molar-refractivity contribution in [3.8, 4) is 0 Å². The first-order valence-electron chi connectivity index (χ1n) is 10.2. The maximum absolute atomic E-state index is 12.6. The van der Waals surface area contributed by atoms with Crippen LogP contribution in [0, 0.1) is 0 Å². The molecule has 32 heavy (non-hydrogen) atoms. The zero-order chi connectivity index (χ0) is 22.7. The number of carbonyl (C=O) groups is 2. The van der Waals surface area contributed by atoms with Crippen molar-refractivity contribution in [2.45, 2.75) is 25.2 Å². The van der Waals surface area contributed by atoms with Crippen molar-refractivity contribution < 1.29 is 14.3 Å². The van der Waals surface area contributed by atoms with Crippen molar-refractivity contribution in [2.24, 2.45) is 0 Å². The Hall–Kier alpha value is -2.60. The third kappa shape index (κ3) is 4.90. The molecular weight excluding hydrogens is 465 g/mol. The van der Waals surface area contributed by atoms with Crippen LogP contribution in [0.3, 0.4) is 0 Å². The molecule has 2 aromatic carbocycles. The molecule has 4 rings (SSSR count). The Kier molecular flexibility index (Phi) is 6.99. The second kappa shape index (κ2) is 9.90. The molecule has 7 heteroatoms. The average molecular weight is 486 g/mol. The summed E-state index contributed by atoms with van der Waals surface area (Å²) in [5, 5.41) is 4.26. The number of esters is 1. The first-order valence-corrected chi connectivity index (χ1v) is 11.8. The van der Waals surface area contributed by atoms with Crippen LogP contribution in [0.4, 0.5) is 5.00 Å². The van der Waals surface area contributed by atoms with E-state index in [1.165, 1.54) is 30.1 Å². The van der Waals surface area contributed by atoms with Gasteiger partial charge in [0.1, 0.15) is 5.00 Å². The Bertz CT molecular complexity index is 1190. The second-order valence-electron chi connectivity index (χ2n) is 7.55. The van der Waals surface area contributed by atoms with Gasteiger partial charge in [0.25, 0.3) is 0 Å². The Balaban J connectivity index is 1.56. The summed E-state index contributed by atoms with van der Waals surface area (Å²) in [5.74, 6) is -0.366. The number of hydrogen-bond acceptors (Lipinski definition) is 4. The number of methoxy groups -OCH3 is 1. The standard InChI is InChI=1S/C25H21Cl2NO3S/c1-31-25(30)23-18-10-9-17(16-5-3-2-4-6-16)14-21(18)32-24(23)28-22(29)12-8-15-7-11-19(26)20(27)13-15/h2-8,11-13,17H,9-10,14H2,1H3,(H,28,29)/b12-8-/t17-/m1/s1. The maximum atomic E-state index is 12.6. The molecular formula is C25H21Cl2NO3S. The highest BCUT2D eigenvalue weighted by molar-refractivity contribution is 7.17. The summed E-state index contributed by atoms with van der Waals surface area (Å²) in [6.45, 7) is 0. The summed E-state index contributed by atoms with van der Waals surface area (Å²) in [4.78, 5) is 26.3. The Morgan fingerprint density at radius 2 is 1.91 bits per heavy atom. The van der Waals surface area contributed by atoms with Crippen molar-refractivity contribution in [1.29, 1.82) is 0 Å². The monoisotopic (exact) mass is 485 g/mol. The molecule has 1 heterocycles. The third-order valence-corrected chi connectivity index (χ3v) is 7.44. The predicted octanol–water partition coefficient (Wildman–Crippen LogP) is 6.77. The van der Waals surface area contributed by atoms with Crippen molar-refractivity contribution in [2.75, 3.05) is 12.4 Å². The Labute approximate surface area is 200 Å². The number of ether oxygens (including phenoxy) is 1. The van der Waals surface area contributed by atoms with E-state index in [1.54, 1.807) is 24.3 Å². The molecule has 4 nitrogen and oxygen atoms in total. The van der Waals surface area contributed by atoms with Gasteiger partial charge in [-0.05, 0) is 60.1 Å². The van der Waals surface area contributed by atoms with Crippen molar-refractivity contribution >= 4 is 57.5 Å². The summed E-state index contributed by atoms with van der Waals surface area (Å²) in [5.41, 5.74) is 3.49. The SMILES string of the molecule is COC(=O)c1c(NC(=O)/C=C\c2ccc(Cl)c(Cl)c2)sc2c1CC[C@@H](c1ccccc1)C2. The Morgan fingerprint density at radius 3 is 2.62 bits per heavy atom. The molecule has 0 saturated heterocycles. The van der Waals surface area contributed by atoms with Gasteiger partial charge in [-0.2, -0.15) is 0 Å². The van der Waals surface area contributed by atoms with Gasteiger partial charge in [0.2, 0.25) is 5.91 Å². The van der Waals surface area contributed by atoms with Crippen LogP contribution in [0.25, 0.3) is 6.08 Å². The molecule has 1 aliphatic rings. The fourth-order valence-electron chi connectivity index (χ4n) is 3.94. The lowest BCUT2D eigenvalue weighted by molar-refractivity contribution is -0.111. The lowest BCUT2D eigenvalue weighted by Crippen LogP contribution is -2.15. The van der Waals surface area contributed by atoms with Gasteiger partial charge in [-0.25, -0.2) is 4.79 Å². The molecule has 0 saturated carbocycles. The number of halogens is 2. The van der Waals surface area contributed by atoms with Gasteiger partial charge < -0.3 is 10.1 Å². The van der Waals surface area contributed by atoms with E-state index in [0.717, 1.165) is 35.3 Å². The van der Waals surface area contributed by atoms with E-state index in [-0.39, 0.29) is 5.91 Å². The number of thiophene rings is 1. The van der Waals surface area contributed by atoms with E-state index >= 15 is 0 Å². The van der Waals surface area contributed by atoms with Crippen LogP contribution >= 0.6 is 34.5 Å². The average Bonchev–Trinajstić information content (AvgIpc) is 3.16. The van der Waals surface area contributed by atoms with Gasteiger partial charge >= 0.3 is 5.97 Å². The number of nitrogens with one attached hydrogen (secondary N) is 1. The fourth-order valence-corrected chi connectivity index (χ4v) is 5.57. The molecule has 0 fully saturated rings. The van der Waals surface area contributed by atoms with Crippen molar-refractivity contribution in [1.82, 2.24) is 0 Å². The second-order valence-corrected chi connectivity index (χ2v) is 9.47. The minimum Gasteiger partial charge on any atom is -0.465 e. The zero-order valence-electron chi connectivity index (χ0n) is 17.4.